The van der Waals surface area contributed by atoms with Gasteiger partial charge in [0.25, 0.3) is 0 Å². The summed E-state index contributed by atoms with van der Waals surface area (Å²) in [4.78, 5) is 7.47. The first kappa shape index (κ1) is 19.6. The molecule has 0 radical (unpaired) electrons. The quantitative estimate of drug-likeness (QED) is 0.498. The molecule has 0 aliphatic heterocycles. The Labute approximate surface area is 164 Å². The van der Waals surface area contributed by atoms with Crippen molar-refractivity contribution in [3.05, 3.63) is 64.4 Å². The average Bonchev–Trinajstić information content (AvgIpc) is 3.03. The minimum atomic E-state index is -4.47. The largest absolute Gasteiger partial charge is 0.433 e. The Balaban J connectivity index is 1.96. The molecule has 9 heteroatoms. The zero-order valence-electron chi connectivity index (χ0n) is 14.4. The van der Waals surface area contributed by atoms with Crippen LogP contribution in [0.2, 0.25) is 10.3 Å². The van der Waals surface area contributed by atoms with Gasteiger partial charge in [-0.3, -0.25) is 9.67 Å². The second kappa shape index (κ2) is 7.48. The highest BCUT2D eigenvalue weighted by Crippen LogP contribution is 2.32. The van der Waals surface area contributed by atoms with Crippen molar-refractivity contribution in [3.63, 3.8) is 0 Å². The molecule has 0 N–H and O–H groups in total. The highest BCUT2D eigenvalue weighted by atomic mass is 35.5. The Morgan fingerprint density at radius 2 is 1.67 bits per heavy atom. The summed E-state index contributed by atoms with van der Waals surface area (Å²) in [6, 6.07) is 5.47. The Kier molecular flexibility index (Phi) is 5.44. The molecule has 0 aliphatic carbocycles. The van der Waals surface area contributed by atoms with E-state index in [9.17, 15) is 13.2 Å². The van der Waals surface area contributed by atoms with E-state index < -0.39 is 11.9 Å². The van der Waals surface area contributed by atoms with Gasteiger partial charge in [0.15, 0.2) is 0 Å². The van der Waals surface area contributed by atoms with E-state index in [4.69, 9.17) is 23.2 Å². The number of aromatic nitrogens is 4. The summed E-state index contributed by atoms with van der Waals surface area (Å²) < 4.78 is 40.0. The molecule has 3 heterocycles. The topological polar surface area (TPSA) is 43.6 Å². The zero-order chi connectivity index (χ0) is 19.8. The molecule has 0 saturated heterocycles. The van der Waals surface area contributed by atoms with Gasteiger partial charge < -0.3 is 0 Å². The van der Waals surface area contributed by atoms with Crippen LogP contribution in [0.5, 0.6) is 0 Å². The van der Waals surface area contributed by atoms with Crippen molar-refractivity contribution in [3.8, 4) is 11.1 Å². The van der Waals surface area contributed by atoms with Crippen LogP contribution in [0.1, 0.15) is 31.1 Å². The fourth-order valence-electron chi connectivity index (χ4n) is 2.86. The minimum absolute atomic E-state index is 0.0703. The van der Waals surface area contributed by atoms with E-state index in [-0.39, 0.29) is 22.3 Å². The van der Waals surface area contributed by atoms with E-state index >= 15 is 0 Å². The van der Waals surface area contributed by atoms with Gasteiger partial charge in [-0.05, 0) is 35.2 Å². The van der Waals surface area contributed by atoms with Gasteiger partial charge in [-0.25, -0.2) is 4.98 Å². The van der Waals surface area contributed by atoms with Crippen LogP contribution in [0.15, 0.2) is 42.9 Å². The van der Waals surface area contributed by atoms with Crippen LogP contribution in [0.4, 0.5) is 13.2 Å². The van der Waals surface area contributed by atoms with Crippen LogP contribution in [0.25, 0.3) is 11.1 Å². The van der Waals surface area contributed by atoms with Crippen LogP contribution in [-0.4, -0.2) is 19.7 Å². The van der Waals surface area contributed by atoms with Gasteiger partial charge in [0.1, 0.15) is 16.0 Å². The van der Waals surface area contributed by atoms with Crippen LogP contribution in [-0.2, 0) is 6.18 Å². The molecule has 0 fully saturated rings. The average molecular weight is 415 g/mol. The first-order chi connectivity index (χ1) is 12.6. The maximum absolute atomic E-state index is 12.8. The number of pyridine rings is 2. The lowest BCUT2D eigenvalue weighted by atomic mass is 9.97. The molecule has 142 valence electrons. The maximum atomic E-state index is 12.8. The Bertz CT molecular complexity index is 916. The molecule has 1 atom stereocenters. The number of hydrogen-bond acceptors (Lipinski definition) is 3. The van der Waals surface area contributed by atoms with Crippen LogP contribution >= 0.6 is 23.2 Å². The molecule has 3 rings (SSSR count). The van der Waals surface area contributed by atoms with E-state index in [1.807, 2.05) is 13.8 Å². The molecule has 4 nitrogen and oxygen atoms in total. The number of rotatable bonds is 4. The summed E-state index contributed by atoms with van der Waals surface area (Å²) in [5.41, 5.74) is 1.24. The first-order valence-corrected chi connectivity index (χ1v) is 8.81. The van der Waals surface area contributed by atoms with Crippen molar-refractivity contribution >= 4 is 23.2 Å². The van der Waals surface area contributed by atoms with E-state index in [0.717, 1.165) is 17.2 Å². The monoisotopic (exact) mass is 414 g/mol. The molecule has 0 aliphatic rings. The molecular formula is C18H15Cl2F3N4. The number of hydrogen-bond donors (Lipinski definition) is 0. The fourth-order valence-corrected chi connectivity index (χ4v) is 3.32. The van der Waals surface area contributed by atoms with E-state index in [0.29, 0.717) is 5.56 Å². The second-order valence-corrected chi connectivity index (χ2v) is 7.15. The molecule has 0 bridgehead atoms. The van der Waals surface area contributed by atoms with Gasteiger partial charge in [0, 0.05) is 18.0 Å². The van der Waals surface area contributed by atoms with Gasteiger partial charge in [-0.15, -0.1) is 0 Å². The predicted octanol–water partition coefficient (Wildman–Crippen LogP) is 5.91. The number of nitrogens with zero attached hydrogens (tertiary/aromatic N) is 4. The minimum Gasteiger partial charge on any atom is -0.264 e. The third kappa shape index (κ3) is 4.42. The molecule has 3 aromatic heterocycles. The Hall–Kier alpha value is -2.12. The highest BCUT2D eigenvalue weighted by molar-refractivity contribution is 6.32. The third-order valence-corrected chi connectivity index (χ3v) is 4.42. The lowest BCUT2D eigenvalue weighted by molar-refractivity contribution is -0.141. The zero-order valence-corrected chi connectivity index (χ0v) is 15.9. The standard InChI is InChI=1S/C18H15Cl2F3N4/c1-10(2)17(11-3-4-14(24-7-11)18(21,22)23)27-9-13(8-25-27)12-5-15(19)26-16(20)6-12/h3-10,17H,1-2H3. The number of alkyl halides is 3. The Morgan fingerprint density at radius 3 is 2.19 bits per heavy atom. The summed E-state index contributed by atoms with van der Waals surface area (Å²) in [5.74, 6) is 0.0703. The van der Waals surface area contributed by atoms with Crippen molar-refractivity contribution in [1.82, 2.24) is 19.7 Å². The Morgan fingerprint density at radius 1 is 1.00 bits per heavy atom. The van der Waals surface area contributed by atoms with Gasteiger partial charge in [-0.2, -0.15) is 18.3 Å². The van der Waals surface area contributed by atoms with Crippen molar-refractivity contribution < 1.29 is 13.2 Å². The summed E-state index contributed by atoms with van der Waals surface area (Å²) in [7, 11) is 0. The summed E-state index contributed by atoms with van der Waals surface area (Å²) in [5, 5.41) is 4.90. The summed E-state index contributed by atoms with van der Waals surface area (Å²) in [6.07, 6.45) is 0.221. The van der Waals surface area contributed by atoms with Gasteiger partial charge in [0.05, 0.1) is 12.2 Å². The molecule has 3 aromatic rings. The molecule has 0 spiro atoms. The van der Waals surface area contributed by atoms with Crippen molar-refractivity contribution in [2.24, 2.45) is 5.92 Å². The number of halogens is 5. The van der Waals surface area contributed by atoms with Crippen LogP contribution in [0, 0.1) is 5.92 Å². The molecule has 0 aromatic carbocycles. The second-order valence-electron chi connectivity index (χ2n) is 6.37. The molecule has 27 heavy (non-hydrogen) atoms. The highest BCUT2D eigenvalue weighted by Gasteiger charge is 2.32. The SMILES string of the molecule is CC(C)C(c1ccc(C(F)(F)F)nc1)n1cc(-c2cc(Cl)nc(Cl)c2)cn1. The third-order valence-electron chi connectivity index (χ3n) is 4.03. The van der Waals surface area contributed by atoms with Gasteiger partial charge in [0.2, 0.25) is 0 Å². The predicted molar refractivity (Wildman–Crippen MR) is 97.7 cm³/mol. The van der Waals surface area contributed by atoms with Crippen molar-refractivity contribution in [2.75, 3.05) is 0 Å². The van der Waals surface area contributed by atoms with Crippen molar-refractivity contribution in [1.29, 1.82) is 0 Å². The molecule has 0 saturated carbocycles. The van der Waals surface area contributed by atoms with E-state index in [1.54, 1.807) is 29.2 Å². The lowest BCUT2D eigenvalue weighted by Gasteiger charge is -2.22. The lowest BCUT2D eigenvalue weighted by Crippen LogP contribution is -2.18. The van der Waals surface area contributed by atoms with Crippen LogP contribution in [0.3, 0.4) is 0 Å². The van der Waals surface area contributed by atoms with Gasteiger partial charge in [-0.1, -0.05) is 43.1 Å². The van der Waals surface area contributed by atoms with Gasteiger partial charge >= 0.3 is 6.18 Å². The molecule has 0 amide bonds. The van der Waals surface area contributed by atoms with E-state index in [2.05, 4.69) is 15.1 Å². The first-order valence-electron chi connectivity index (χ1n) is 8.06. The van der Waals surface area contributed by atoms with Crippen LogP contribution < -0.4 is 0 Å². The molecule has 1 unspecified atom stereocenters. The summed E-state index contributed by atoms with van der Waals surface area (Å²) >= 11 is 11.9. The van der Waals surface area contributed by atoms with Crippen molar-refractivity contribution in [2.45, 2.75) is 26.1 Å². The smallest absolute Gasteiger partial charge is 0.264 e. The van der Waals surface area contributed by atoms with E-state index in [1.165, 1.54) is 12.3 Å². The maximum Gasteiger partial charge on any atom is 0.433 e. The summed E-state index contributed by atoms with van der Waals surface area (Å²) in [6.45, 7) is 3.92. The fraction of sp³-hybridized carbons (Fsp3) is 0.278. The molecular weight excluding hydrogens is 400 g/mol. The normalized spacial score (nSPS) is 13.2.